The average Bonchev–Trinajstić information content (AvgIpc) is 2.48. The van der Waals surface area contributed by atoms with Crippen molar-refractivity contribution in [2.24, 2.45) is 0 Å². The molecule has 0 atom stereocenters. The Morgan fingerprint density at radius 1 is 1.24 bits per heavy atom. The second-order valence-electron chi connectivity index (χ2n) is 5.70. The van der Waals surface area contributed by atoms with Crippen molar-refractivity contribution in [2.45, 2.75) is 37.6 Å². The molecule has 0 unspecified atom stereocenters. The SMILES string of the molecule is CN(C)c1ccc(C(=O)NC2(C(=O)O)CCCCC2)cn1. The lowest BCUT2D eigenvalue weighted by molar-refractivity contribution is -0.145. The maximum atomic E-state index is 12.3. The normalized spacial score (nSPS) is 17.0. The third-order valence-corrected chi connectivity index (χ3v) is 3.94. The van der Waals surface area contributed by atoms with E-state index in [4.69, 9.17) is 0 Å². The minimum absolute atomic E-state index is 0.378. The Labute approximate surface area is 124 Å². The van der Waals surface area contributed by atoms with Crippen molar-refractivity contribution in [3.05, 3.63) is 23.9 Å². The summed E-state index contributed by atoms with van der Waals surface area (Å²) in [7, 11) is 3.73. The lowest BCUT2D eigenvalue weighted by Gasteiger charge is -2.33. The highest BCUT2D eigenvalue weighted by Gasteiger charge is 2.41. The van der Waals surface area contributed by atoms with Gasteiger partial charge >= 0.3 is 5.97 Å². The van der Waals surface area contributed by atoms with E-state index in [9.17, 15) is 14.7 Å². The van der Waals surface area contributed by atoms with Gasteiger partial charge in [-0.1, -0.05) is 19.3 Å². The van der Waals surface area contributed by atoms with Crippen LogP contribution in [0.5, 0.6) is 0 Å². The number of hydrogen-bond donors (Lipinski definition) is 2. The molecule has 0 spiro atoms. The summed E-state index contributed by atoms with van der Waals surface area (Å²) in [5.41, 5.74) is -0.748. The molecule has 6 nitrogen and oxygen atoms in total. The zero-order valence-electron chi connectivity index (χ0n) is 12.4. The number of amides is 1. The molecule has 1 amide bonds. The first-order chi connectivity index (χ1) is 9.94. The van der Waals surface area contributed by atoms with Gasteiger partial charge < -0.3 is 15.3 Å². The number of anilines is 1. The van der Waals surface area contributed by atoms with Crippen molar-refractivity contribution < 1.29 is 14.7 Å². The van der Waals surface area contributed by atoms with Crippen LogP contribution in [0.1, 0.15) is 42.5 Å². The van der Waals surface area contributed by atoms with Crippen molar-refractivity contribution in [2.75, 3.05) is 19.0 Å². The Balaban J connectivity index is 2.13. The number of nitrogens with zero attached hydrogens (tertiary/aromatic N) is 2. The number of carboxylic acid groups (broad SMARTS) is 1. The largest absolute Gasteiger partial charge is 0.480 e. The summed E-state index contributed by atoms with van der Waals surface area (Å²) >= 11 is 0. The molecule has 0 aromatic carbocycles. The number of rotatable bonds is 4. The number of aliphatic carboxylic acids is 1. The third kappa shape index (κ3) is 3.32. The summed E-state index contributed by atoms with van der Waals surface area (Å²) < 4.78 is 0. The van der Waals surface area contributed by atoms with Crippen LogP contribution in [0.25, 0.3) is 0 Å². The van der Waals surface area contributed by atoms with Crippen LogP contribution in [0.3, 0.4) is 0 Å². The molecule has 1 aromatic heterocycles. The van der Waals surface area contributed by atoms with E-state index in [1.165, 1.54) is 6.20 Å². The van der Waals surface area contributed by atoms with E-state index in [0.29, 0.717) is 18.4 Å². The van der Waals surface area contributed by atoms with Gasteiger partial charge in [0.15, 0.2) is 0 Å². The van der Waals surface area contributed by atoms with Gasteiger partial charge in [-0.25, -0.2) is 9.78 Å². The molecule has 0 radical (unpaired) electrons. The van der Waals surface area contributed by atoms with E-state index in [2.05, 4.69) is 10.3 Å². The number of carbonyl (C=O) groups is 2. The molecule has 1 saturated carbocycles. The first-order valence-corrected chi connectivity index (χ1v) is 7.14. The molecule has 114 valence electrons. The lowest BCUT2D eigenvalue weighted by atomic mass is 9.81. The molecule has 1 aliphatic carbocycles. The van der Waals surface area contributed by atoms with Crippen LogP contribution in [0, 0.1) is 0 Å². The van der Waals surface area contributed by atoms with Crippen LogP contribution < -0.4 is 10.2 Å². The summed E-state index contributed by atoms with van der Waals surface area (Å²) in [6.07, 6.45) is 5.11. The molecule has 0 bridgehead atoms. The van der Waals surface area contributed by atoms with Crippen molar-refractivity contribution in [1.29, 1.82) is 0 Å². The maximum absolute atomic E-state index is 12.3. The molecule has 2 N–H and O–H groups in total. The predicted octanol–water partition coefficient (Wildman–Crippen LogP) is 1.66. The van der Waals surface area contributed by atoms with E-state index >= 15 is 0 Å². The van der Waals surface area contributed by atoms with Gasteiger partial charge in [0.05, 0.1) is 5.56 Å². The zero-order chi connectivity index (χ0) is 15.5. The summed E-state index contributed by atoms with van der Waals surface area (Å²) in [5.74, 6) is -0.581. The van der Waals surface area contributed by atoms with Crippen LogP contribution in [0.4, 0.5) is 5.82 Å². The smallest absolute Gasteiger partial charge is 0.329 e. The topological polar surface area (TPSA) is 82.5 Å². The summed E-state index contributed by atoms with van der Waals surface area (Å²) in [4.78, 5) is 29.8. The Morgan fingerprint density at radius 3 is 2.38 bits per heavy atom. The van der Waals surface area contributed by atoms with Gasteiger partial charge in [-0.2, -0.15) is 0 Å². The quantitative estimate of drug-likeness (QED) is 0.881. The van der Waals surface area contributed by atoms with Gasteiger partial charge in [-0.3, -0.25) is 4.79 Å². The van der Waals surface area contributed by atoms with Gasteiger partial charge in [0.1, 0.15) is 11.4 Å². The highest BCUT2D eigenvalue weighted by Crippen LogP contribution is 2.28. The van der Waals surface area contributed by atoms with Crippen LogP contribution in [-0.2, 0) is 4.79 Å². The van der Waals surface area contributed by atoms with Crippen molar-refractivity contribution in [3.8, 4) is 0 Å². The van der Waals surface area contributed by atoms with E-state index in [-0.39, 0.29) is 5.91 Å². The number of pyridine rings is 1. The number of carbonyl (C=O) groups excluding carboxylic acids is 1. The van der Waals surface area contributed by atoms with E-state index in [1.807, 2.05) is 19.0 Å². The Morgan fingerprint density at radius 2 is 1.90 bits per heavy atom. The molecule has 1 heterocycles. The second kappa shape index (κ2) is 6.11. The van der Waals surface area contributed by atoms with E-state index in [1.54, 1.807) is 12.1 Å². The molecule has 0 aliphatic heterocycles. The van der Waals surface area contributed by atoms with Gasteiger partial charge in [-0.05, 0) is 25.0 Å². The number of nitrogens with one attached hydrogen (secondary N) is 1. The first-order valence-electron chi connectivity index (χ1n) is 7.14. The zero-order valence-corrected chi connectivity index (χ0v) is 12.4. The van der Waals surface area contributed by atoms with Crippen LogP contribution >= 0.6 is 0 Å². The molecular weight excluding hydrogens is 270 g/mol. The fraction of sp³-hybridized carbons (Fsp3) is 0.533. The minimum atomic E-state index is -1.13. The average molecular weight is 291 g/mol. The second-order valence-corrected chi connectivity index (χ2v) is 5.70. The van der Waals surface area contributed by atoms with Gasteiger partial charge in [0.2, 0.25) is 0 Å². The molecule has 1 fully saturated rings. The summed E-state index contributed by atoms with van der Waals surface area (Å²) in [6.45, 7) is 0. The predicted molar refractivity (Wildman–Crippen MR) is 79.5 cm³/mol. The molecular formula is C15H21N3O3. The molecule has 2 rings (SSSR count). The highest BCUT2D eigenvalue weighted by molar-refractivity contribution is 5.97. The fourth-order valence-electron chi connectivity index (χ4n) is 2.62. The monoisotopic (exact) mass is 291 g/mol. The van der Waals surface area contributed by atoms with Crippen molar-refractivity contribution in [3.63, 3.8) is 0 Å². The molecule has 6 heteroatoms. The van der Waals surface area contributed by atoms with Crippen LogP contribution in [0.2, 0.25) is 0 Å². The molecule has 21 heavy (non-hydrogen) atoms. The van der Waals surface area contributed by atoms with E-state index in [0.717, 1.165) is 25.1 Å². The number of aromatic nitrogens is 1. The minimum Gasteiger partial charge on any atom is -0.480 e. The standard InChI is InChI=1S/C15H21N3O3/c1-18(2)12-7-6-11(10-16-12)13(19)17-15(14(20)21)8-4-3-5-9-15/h6-7,10H,3-5,8-9H2,1-2H3,(H,17,19)(H,20,21). The summed E-state index contributed by atoms with van der Waals surface area (Å²) in [5, 5.41) is 12.2. The Kier molecular flexibility index (Phi) is 4.45. The molecule has 1 aromatic rings. The van der Waals surface area contributed by atoms with Crippen molar-refractivity contribution >= 4 is 17.7 Å². The van der Waals surface area contributed by atoms with Crippen LogP contribution in [0.15, 0.2) is 18.3 Å². The Hall–Kier alpha value is -2.11. The van der Waals surface area contributed by atoms with Gasteiger partial charge in [0, 0.05) is 20.3 Å². The Bertz CT molecular complexity index is 519. The van der Waals surface area contributed by atoms with Gasteiger partial charge in [-0.15, -0.1) is 0 Å². The fourth-order valence-corrected chi connectivity index (χ4v) is 2.62. The van der Waals surface area contributed by atoms with E-state index < -0.39 is 11.5 Å². The summed E-state index contributed by atoms with van der Waals surface area (Å²) in [6, 6.07) is 3.40. The number of carboxylic acids is 1. The van der Waals surface area contributed by atoms with Crippen molar-refractivity contribution in [1.82, 2.24) is 10.3 Å². The van der Waals surface area contributed by atoms with Crippen LogP contribution in [-0.4, -0.2) is 41.6 Å². The maximum Gasteiger partial charge on any atom is 0.329 e. The lowest BCUT2D eigenvalue weighted by Crippen LogP contribution is -2.55. The molecule has 0 saturated heterocycles. The highest BCUT2D eigenvalue weighted by atomic mass is 16.4. The van der Waals surface area contributed by atoms with Gasteiger partial charge in [0.25, 0.3) is 5.91 Å². The third-order valence-electron chi connectivity index (χ3n) is 3.94. The number of hydrogen-bond acceptors (Lipinski definition) is 4. The molecule has 1 aliphatic rings. The first kappa shape index (κ1) is 15.3.